The molecule has 0 unspecified atom stereocenters. The Morgan fingerprint density at radius 3 is 2.51 bits per heavy atom. The van der Waals surface area contributed by atoms with Crippen LogP contribution in [0.25, 0.3) is 0 Å². The summed E-state index contributed by atoms with van der Waals surface area (Å²) in [6.07, 6.45) is 6.01. The smallest absolute Gasteiger partial charge is 0.253 e. The Morgan fingerprint density at radius 2 is 1.71 bits per heavy atom. The molecule has 7 nitrogen and oxygen atoms in total. The first kappa shape index (κ1) is 23.4. The molecule has 184 valence electrons. The van der Waals surface area contributed by atoms with Gasteiger partial charge < -0.3 is 15.1 Å². The number of nitrogens with one attached hydrogen (secondary N) is 1. The van der Waals surface area contributed by atoms with E-state index < -0.39 is 0 Å². The van der Waals surface area contributed by atoms with Gasteiger partial charge in [0, 0.05) is 30.9 Å². The maximum Gasteiger partial charge on any atom is 0.253 e. The van der Waals surface area contributed by atoms with Crippen LogP contribution in [0.3, 0.4) is 0 Å². The second-order valence-electron chi connectivity index (χ2n) is 9.98. The van der Waals surface area contributed by atoms with Gasteiger partial charge in [0.1, 0.15) is 12.6 Å². The highest BCUT2D eigenvalue weighted by Gasteiger charge is 2.40. The van der Waals surface area contributed by atoms with Crippen LogP contribution in [0.2, 0.25) is 0 Å². The number of nitrogens with zero attached hydrogens (tertiary/aromatic N) is 3. The zero-order valence-electron chi connectivity index (χ0n) is 20.7. The Labute approximate surface area is 207 Å². The summed E-state index contributed by atoms with van der Waals surface area (Å²) in [7, 11) is 0. The van der Waals surface area contributed by atoms with Crippen LogP contribution in [0, 0.1) is 13.8 Å². The molecule has 2 aromatic rings. The lowest BCUT2D eigenvalue weighted by atomic mass is 9.95. The molecule has 1 atom stereocenters. The molecule has 2 fully saturated rings. The van der Waals surface area contributed by atoms with Gasteiger partial charge in [-0.15, -0.1) is 0 Å². The molecule has 2 aromatic carbocycles. The lowest BCUT2D eigenvalue weighted by Gasteiger charge is -2.45. The first-order valence-electron chi connectivity index (χ1n) is 12.8. The summed E-state index contributed by atoms with van der Waals surface area (Å²) in [5.41, 5.74) is 5.04. The third kappa shape index (κ3) is 4.51. The summed E-state index contributed by atoms with van der Waals surface area (Å²) in [5, 5.41) is 2.99. The number of carbonyl (C=O) groups excluding carboxylic acids is 3. The number of hydrogen-bond donors (Lipinski definition) is 1. The van der Waals surface area contributed by atoms with Crippen LogP contribution in [0.1, 0.15) is 60.0 Å². The van der Waals surface area contributed by atoms with E-state index in [1.807, 2.05) is 55.1 Å². The van der Waals surface area contributed by atoms with Gasteiger partial charge in [0.15, 0.2) is 0 Å². The van der Waals surface area contributed by atoms with Crippen LogP contribution < -0.4 is 15.1 Å². The molecule has 0 aromatic heterocycles. The highest BCUT2D eigenvalue weighted by molar-refractivity contribution is 6.11. The molecule has 0 aliphatic carbocycles. The highest BCUT2D eigenvalue weighted by atomic mass is 16.2. The summed E-state index contributed by atoms with van der Waals surface area (Å²) < 4.78 is 0. The Kier molecular flexibility index (Phi) is 6.50. The number of rotatable bonds is 4. The van der Waals surface area contributed by atoms with Crippen molar-refractivity contribution in [3.63, 3.8) is 0 Å². The molecular weight excluding hydrogens is 440 g/mol. The zero-order valence-corrected chi connectivity index (χ0v) is 20.7. The fraction of sp³-hybridized carbons (Fsp3) is 0.464. The van der Waals surface area contributed by atoms with Crippen molar-refractivity contribution in [3.05, 3.63) is 53.1 Å². The van der Waals surface area contributed by atoms with Crippen LogP contribution in [0.15, 0.2) is 36.4 Å². The fourth-order valence-electron chi connectivity index (χ4n) is 5.55. The van der Waals surface area contributed by atoms with E-state index in [-0.39, 0.29) is 30.3 Å². The number of hydrogen-bond acceptors (Lipinski definition) is 4. The van der Waals surface area contributed by atoms with E-state index in [0.717, 1.165) is 80.7 Å². The van der Waals surface area contributed by atoms with Crippen molar-refractivity contribution in [2.45, 2.75) is 58.4 Å². The number of fused-ring (bicyclic) bond motifs is 3. The molecule has 35 heavy (non-hydrogen) atoms. The molecule has 5 rings (SSSR count). The maximum atomic E-state index is 13.6. The molecule has 0 bridgehead atoms. The van der Waals surface area contributed by atoms with E-state index in [2.05, 4.69) is 10.2 Å². The quantitative estimate of drug-likeness (QED) is 0.718. The molecule has 2 saturated heterocycles. The monoisotopic (exact) mass is 474 g/mol. The van der Waals surface area contributed by atoms with E-state index in [1.54, 1.807) is 4.90 Å². The largest absolute Gasteiger partial charge is 0.358 e. The van der Waals surface area contributed by atoms with Gasteiger partial charge in [0.25, 0.3) is 5.91 Å². The van der Waals surface area contributed by atoms with Crippen molar-refractivity contribution in [1.29, 1.82) is 0 Å². The van der Waals surface area contributed by atoms with Gasteiger partial charge in [0.05, 0.1) is 11.4 Å². The van der Waals surface area contributed by atoms with Gasteiger partial charge in [0.2, 0.25) is 11.8 Å². The zero-order chi connectivity index (χ0) is 24.5. The summed E-state index contributed by atoms with van der Waals surface area (Å²) >= 11 is 0. The Morgan fingerprint density at radius 1 is 0.943 bits per heavy atom. The minimum atomic E-state index is -0.256. The highest BCUT2D eigenvalue weighted by Crippen LogP contribution is 2.40. The number of anilines is 3. The van der Waals surface area contributed by atoms with Crippen LogP contribution in [-0.2, 0) is 9.59 Å². The third-order valence-electron chi connectivity index (χ3n) is 7.70. The van der Waals surface area contributed by atoms with Crippen molar-refractivity contribution in [3.8, 4) is 0 Å². The minimum absolute atomic E-state index is 0.000466. The summed E-state index contributed by atoms with van der Waals surface area (Å²) in [5.74, 6) is -0.300. The van der Waals surface area contributed by atoms with Gasteiger partial charge in [-0.25, -0.2) is 0 Å². The predicted molar refractivity (Wildman–Crippen MR) is 138 cm³/mol. The Balaban J connectivity index is 1.45. The van der Waals surface area contributed by atoms with Gasteiger partial charge in [-0.05, 0) is 87.8 Å². The van der Waals surface area contributed by atoms with E-state index in [9.17, 15) is 14.4 Å². The standard InChI is InChI=1S/C28H34N4O3/c1-19-9-8-10-22(20(19)2)29-26(33)18-32-25-17-21(27(34)30-14-5-3-6-15-30)12-13-23(25)31-16-7-4-11-24(31)28(32)35/h8-10,12-13,17,24H,3-7,11,14-16,18H2,1-2H3,(H,29,33)/t24-/m0/s1. The summed E-state index contributed by atoms with van der Waals surface area (Å²) in [4.78, 5) is 45.6. The number of aryl methyl sites for hydroxylation is 1. The lowest BCUT2D eigenvalue weighted by Crippen LogP contribution is -2.56. The van der Waals surface area contributed by atoms with Crippen molar-refractivity contribution < 1.29 is 14.4 Å². The average molecular weight is 475 g/mol. The van der Waals surface area contributed by atoms with Gasteiger partial charge >= 0.3 is 0 Å². The van der Waals surface area contributed by atoms with Crippen molar-refractivity contribution >= 4 is 34.8 Å². The average Bonchev–Trinajstić information content (AvgIpc) is 2.89. The predicted octanol–water partition coefficient (Wildman–Crippen LogP) is 4.27. The third-order valence-corrected chi connectivity index (χ3v) is 7.70. The normalized spacial score (nSPS) is 19.8. The molecule has 3 heterocycles. The fourth-order valence-corrected chi connectivity index (χ4v) is 5.55. The maximum absolute atomic E-state index is 13.6. The molecule has 0 spiro atoms. The first-order valence-corrected chi connectivity index (χ1v) is 12.8. The molecule has 0 saturated carbocycles. The number of amides is 3. The molecular formula is C28H34N4O3. The first-order chi connectivity index (χ1) is 16.9. The van der Waals surface area contributed by atoms with Crippen molar-refractivity contribution in [2.24, 2.45) is 0 Å². The van der Waals surface area contributed by atoms with Crippen LogP contribution in [-0.4, -0.2) is 54.8 Å². The molecule has 0 radical (unpaired) electrons. The molecule has 1 N–H and O–H groups in total. The molecule has 3 amide bonds. The van der Waals surface area contributed by atoms with E-state index in [0.29, 0.717) is 11.3 Å². The molecule has 3 aliphatic rings. The van der Waals surface area contributed by atoms with Crippen LogP contribution in [0.4, 0.5) is 17.1 Å². The van der Waals surface area contributed by atoms with Crippen molar-refractivity contribution in [2.75, 3.05) is 41.3 Å². The number of piperidine rings is 2. The number of benzene rings is 2. The Bertz CT molecular complexity index is 1150. The molecule has 3 aliphatic heterocycles. The summed E-state index contributed by atoms with van der Waals surface area (Å²) in [6, 6.07) is 11.2. The van der Waals surface area contributed by atoms with Gasteiger partial charge in [-0.3, -0.25) is 19.3 Å². The van der Waals surface area contributed by atoms with E-state index >= 15 is 0 Å². The SMILES string of the molecule is Cc1cccc(NC(=O)CN2C(=O)[C@@H]3CCCCN3c3ccc(C(=O)N4CCCCC4)cc32)c1C. The van der Waals surface area contributed by atoms with Gasteiger partial charge in [-0.2, -0.15) is 0 Å². The van der Waals surface area contributed by atoms with Gasteiger partial charge in [-0.1, -0.05) is 12.1 Å². The summed E-state index contributed by atoms with van der Waals surface area (Å²) in [6.45, 7) is 6.25. The number of carbonyl (C=O) groups is 3. The van der Waals surface area contributed by atoms with Crippen LogP contribution in [0.5, 0.6) is 0 Å². The lowest BCUT2D eigenvalue weighted by molar-refractivity contribution is -0.123. The topological polar surface area (TPSA) is 73.0 Å². The number of likely N-dealkylation sites (tertiary alicyclic amines) is 1. The van der Waals surface area contributed by atoms with E-state index in [4.69, 9.17) is 0 Å². The minimum Gasteiger partial charge on any atom is -0.358 e. The van der Waals surface area contributed by atoms with Crippen LogP contribution >= 0.6 is 0 Å². The Hall–Kier alpha value is -3.35. The molecule has 7 heteroatoms. The second-order valence-corrected chi connectivity index (χ2v) is 9.98. The van der Waals surface area contributed by atoms with E-state index in [1.165, 1.54) is 0 Å². The second kappa shape index (κ2) is 9.72. The van der Waals surface area contributed by atoms with Crippen molar-refractivity contribution in [1.82, 2.24) is 4.90 Å².